The number of primary amides is 1. The average molecular weight is 222 g/mol. The third-order valence-electron chi connectivity index (χ3n) is 1.86. The summed E-state index contributed by atoms with van der Waals surface area (Å²) >= 11 is 0. The van der Waals surface area contributed by atoms with E-state index >= 15 is 0 Å². The van der Waals surface area contributed by atoms with E-state index in [1.807, 2.05) is 6.92 Å². The number of hydrogen-bond donors (Lipinski definition) is 3. The number of anilines is 1. The Hall–Kier alpha value is -2.11. The summed E-state index contributed by atoms with van der Waals surface area (Å²) in [5.74, 6) is -0.420. The lowest BCUT2D eigenvalue weighted by Crippen LogP contribution is -2.30. The van der Waals surface area contributed by atoms with Crippen molar-refractivity contribution in [2.45, 2.75) is 6.92 Å². The number of rotatable bonds is 5. The van der Waals surface area contributed by atoms with Crippen LogP contribution in [0.1, 0.15) is 17.3 Å². The number of pyridine rings is 1. The van der Waals surface area contributed by atoms with Gasteiger partial charge in [0.05, 0.1) is 12.1 Å². The van der Waals surface area contributed by atoms with Crippen LogP contribution in [0.5, 0.6) is 0 Å². The van der Waals surface area contributed by atoms with Crippen LogP contribution in [0.25, 0.3) is 0 Å². The Morgan fingerprint density at radius 2 is 2.25 bits per heavy atom. The molecule has 0 atom stereocenters. The van der Waals surface area contributed by atoms with Gasteiger partial charge in [-0.15, -0.1) is 0 Å². The summed E-state index contributed by atoms with van der Waals surface area (Å²) in [5, 5.41) is 5.37. The van der Waals surface area contributed by atoms with Gasteiger partial charge in [0, 0.05) is 12.7 Å². The molecule has 1 rings (SSSR count). The molecule has 6 nitrogen and oxygen atoms in total. The number of carbonyl (C=O) groups is 2. The molecule has 0 unspecified atom stereocenters. The van der Waals surface area contributed by atoms with Crippen LogP contribution in [-0.2, 0) is 4.79 Å². The zero-order chi connectivity index (χ0) is 12.0. The van der Waals surface area contributed by atoms with Gasteiger partial charge in [-0.2, -0.15) is 0 Å². The minimum Gasteiger partial charge on any atom is -0.365 e. The van der Waals surface area contributed by atoms with Gasteiger partial charge in [0.25, 0.3) is 5.91 Å². The van der Waals surface area contributed by atoms with E-state index < -0.39 is 5.91 Å². The van der Waals surface area contributed by atoms with Gasteiger partial charge in [0.2, 0.25) is 5.91 Å². The Morgan fingerprint density at radius 1 is 1.50 bits per heavy atom. The van der Waals surface area contributed by atoms with E-state index in [0.717, 1.165) is 0 Å². The molecular weight excluding hydrogens is 208 g/mol. The first-order valence-corrected chi connectivity index (χ1v) is 4.90. The van der Waals surface area contributed by atoms with Gasteiger partial charge in [0.15, 0.2) is 0 Å². The second-order valence-electron chi connectivity index (χ2n) is 3.07. The topological polar surface area (TPSA) is 97.1 Å². The van der Waals surface area contributed by atoms with Crippen LogP contribution in [0.3, 0.4) is 0 Å². The average Bonchev–Trinajstić information content (AvgIpc) is 2.27. The highest BCUT2D eigenvalue weighted by Crippen LogP contribution is 2.09. The predicted molar refractivity (Wildman–Crippen MR) is 59.9 cm³/mol. The number of nitrogens with one attached hydrogen (secondary N) is 2. The third-order valence-corrected chi connectivity index (χ3v) is 1.86. The molecule has 0 aliphatic rings. The minimum absolute atomic E-state index is 0.0606. The summed E-state index contributed by atoms with van der Waals surface area (Å²) in [6, 6.07) is 3.16. The van der Waals surface area contributed by atoms with Gasteiger partial charge < -0.3 is 16.4 Å². The molecule has 0 aliphatic heterocycles. The van der Waals surface area contributed by atoms with Crippen LogP contribution in [0, 0.1) is 0 Å². The van der Waals surface area contributed by atoms with E-state index in [2.05, 4.69) is 15.6 Å². The van der Waals surface area contributed by atoms with Crippen molar-refractivity contribution >= 4 is 17.6 Å². The van der Waals surface area contributed by atoms with E-state index in [1.54, 1.807) is 12.1 Å². The molecule has 4 N–H and O–H groups in total. The van der Waals surface area contributed by atoms with E-state index in [4.69, 9.17) is 5.73 Å². The number of amides is 2. The molecule has 0 saturated heterocycles. The number of likely N-dealkylation sites (N-methyl/N-ethyl adjacent to an activating group) is 1. The van der Waals surface area contributed by atoms with Gasteiger partial charge in [-0.1, -0.05) is 0 Å². The summed E-state index contributed by atoms with van der Waals surface area (Å²) in [4.78, 5) is 26.2. The van der Waals surface area contributed by atoms with Crippen molar-refractivity contribution in [2.75, 3.05) is 18.4 Å². The molecule has 16 heavy (non-hydrogen) atoms. The van der Waals surface area contributed by atoms with Crippen molar-refractivity contribution in [3.05, 3.63) is 23.9 Å². The van der Waals surface area contributed by atoms with Gasteiger partial charge in [0.1, 0.15) is 5.82 Å². The Bertz CT molecular complexity index is 392. The zero-order valence-corrected chi connectivity index (χ0v) is 8.99. The Kier molecular flexibility index (Phi) is 4.26. The first kappa shape index (κ1) is 12.0. The van der Waals surface area contributed by atoms with Crippen LogP contribution in [0.4, 0.5) is 5.82 Å². The zero-order valence-electron chi connectivity index (χ0n) is 8.99. The van der Waals surface area contributed by atoms with Crippen molar-refractivity contribution in [1.29, 1.82) is 0 Å². The molecule has 0 bridgehead atoms. The largest absolute Gasteiger partial charge is 0.365 e. The smallest absolute Gasteiger partial charge is 0.252 e. The normalized spacial score (nSPS) is 9.56. The van der Waals surface area contributed by atoms with Crippen molar-refractivity contribution in [1.82, 2.24) is 10.3 Å². The van der Waals surface area contributed by atoms with Crippen LogP contribution in [0.15, 0.2) is 18.3 Å². The molecule has 1 aromatic rings. The number of nitrogens with zero attached hydrogens (tertiary/aromatic N) is 1. The molecular formula is C10H14N4O2. The van der Waals surface area contributed by atoms with Crippen LogP contribution >= 0.6 is 0 Å². The Labute approximate surface area is 93.2 Å². The fraction of sp³-hybridized carbons (Fsp3) is 0.300. The minimum atomic E-state index is -0.577. The Balaban J connectivity index is 2.66. The lowest BCUT2D eigenvalue weighted by atomic mass is 10.2. The van der Waals surface area contributed by atoms with Gasteiger partial charge in [-0.3, -0.25) is 9.59 Å². The SMILES string of the molecule is CCNC(=O)CNc1ncccc1C(N)=O. The highest BCUT2D eigenvalue weighted by Gasteiger charge is 2.09. The summed E-state index contributed by atoms with van der Waals surface area (Å²) in [5.41, 5.74) is 5.43. The Morgan fingerprint density at radius 3 is 2.88 bits per heavy atom. The molecule has 1 heterocycles. The monoisotopic (exact) mass is 222 g/mol. The van der Waals surface area contributed by atoms with E-state index in [1.165, 1.54) is 6.20 Å². The highest BCUT2D eigenvalue weighted by molar-refractivity contribution is 5.97. The lowest BCUT2D eigenvalue weighted by molar-refractivity contribution is -0.119. The molecule has 0 aromatic carbocycles. The van der Waals surface area contributed by atoms with Gasteiger partial charge in [-0.25, -0.2) is 4.98 Å². The third kappa shape index (κ3) is 3.23. The summed E-state index contributed by atoms with van der Waals surface area (Å²) in [6.07, 6.45) is 1.52. The van der Waals surface area contributed by atoms with Gasteiger partial charge in [-0.05, 0) is 19.1 Å². The number of nitrogens with two attached hydrogens (primary N) is 1. The van der Waals surface area contributed by atoms with Crippen LogP contribution < -0.4 is 16.4 Å². The summed E-state index contributed by atoms with van der Waals surface area (Å²) < 4.78 is 0. The molecule has 0 fully saturated rings. The summed E-state index contributed by atoms with van der Waals surface area (Å²) in [7, 11) is 0. The maximum atomic E-state index is 11.2. The van der Waals surface area contributed by atoms with Crippen LogP contribution in [0.2, 0.25) is 0 Å². The maximum absolute atomic E-state index is 11.2. The molecule has 0 aliphatic carbocycles. The molecule has 0 radical (unpaired) electrons. The quantitative estimate of drug-likeness (QED) is 0.638. The van der Waals surface area contributed by atoms with E-state index in [9.17, 15) is 9.59 Å². The van der Waals surface area contributed by atoms with Crippen molar-refractivity contribution in [3.63, 3.8) is 0 Å². The molecule has 86 valence electrons. The first-order valence-electron chi connectivity index (χ1n) is 4.90. The fourth-order valence-electron chi connectivity index (χ4n) is 1.17. The standard InChI is InChI=1S/C10H14N4O2/c1-2-12-8(15)6-14-10-7(9(11)16)4-3-5-13-10/h3-5H,2,6H2,1H3,(H2,11,16)(H,12,15)(H,13,14). The number of aromatic nitrogens is 1. The van der Waals surface area contributed by atoms with Gasteiger partial charge >= 0.3 is 0 Å². The molecule has 2 amide bonds. The first-order chi connectivity index (χ1) is 7.65. The molecule has 0 spiro atoms. The second-order valence-corrected chi connectivity index (χ2v) is 3.07. The van der Waals surface area contributed by atoms with Crippen molar-refractivity contribution in [3.8, 4) is 0 Å². The molecule has 0 saturated carbocycles. The predicted octanol–water partition coefficient (Wildman–Crippen LogP) is -0.272. The maximum Gasteiger partial charge on any atom is 0.252 e. The highest BCUT2D eigenvalue weighted by atomic mass is 16.2. The van der Waals surface area contributed by atoms with E-state index in [0.29, 0.717) is 12.4 Å². The van der Waals surface area contributed by atoms with Crippen LogP contribution in [-0.4, -0.2) is 29.9 Å². The number of hydrogen-bond acceptors (Lipinski definition) is 4. The van der Waals surface area contributed by atoms with Crippen molar-refractivity contribution < 1.29 is 9.59 Å². The fourth-order valence-corrected chi connectivity index (χ4v) is 1.17. The summed E-state index contributed by atoms with van der Waals surface area (Å²) in [6.45, 7) is 2.45. The van der Waals surface area contributed by atoms with E-state index in [-0.39, 0.29) is 18.0 Å². The number of carbonyl (C=O) groups excluding carboxylic acids is 2. The molecule has 1 aromatic heterocycles. The molecule has 6 heteroatoms. The second kappa shape index (κ2) is 5.69. The lowest BCUT2D eigenvalue weighted by Gasteiger charge is -2.08. The van der Waals surface area contributed by atoms with Crippen molar-refractivity contribution in [2.24, 2.45) is 5.73 Å².